The largest absolute Gasteiger partial charge is 0.481 e. The quantitative estimate of drug-likeness (QED) is 0.730. The molecule has 2 aromatic heterocycles. The number of anilines is 1. The second kappa shape index (κ2) is 6.86. The van der Waals surface area contributed by atoms with Crippen LogP contribution in [0.1, 0.15) is 21.7 Å². The lowest BCUT2D eigenvalue weighted by molar-refractivity contribution is -0.137. The topological polar surface area (TPSA) is 101 Å². The van der Waals surface area contributed by atoms with Gasteiger partial charge in [-0.15, -0.1) is 11.3 Å². The number of amides is 1. The van der Waals surface area contributed by atoms with Gasteiger partial charge in [0.15, 0.2) is 0 Å². The number of carboxylic acid groups (broad SMARTS) is 1. The molecular weight excluding hydrogens is 342 g/mol. The summed E-state index contributed by atoms with van der Waals surface area (Å²) < 4.78 is 1.26. The number of thiophene rings is 1. The molecule has 128 valence electrons. The third kappa shape index (κ3) is 3.43. The molecule has 2 heterocycles. The maximum absolute atomic E-state index is 12.6. The summed E-state index contributed by atoms with van der Waals surface area (Å²) in [7, 11) is 0. The summed E-state index contributed by atoms with van der Waals surface area (Å²) in [6.45, 7) is 1.74. The van der Waals surface area contributed by atoms with Crippen molar-refractivity contribution in [3.8, 4) is 0 Å². The Morgan fingerprint density at radius 2 is 2.00 bits per heavy atom. The van der Waals surface area contributed by atoms with Gasteiger partial charge in [0.1, 0.15) is 4.83 Å². The van der Waals surface area contributed by atoms with E-state index in [1.54, 1.807) is 19.1 Å². The molecule has 0 spiro atoms. The van der Waals surface area contributed by atoms with Gasteiger partial charge in [0.25, 0.3) is 11.5 Å². The number of rotatable bonds is 5. The van der Waals surface area contributed by atoms with Crippen LogP contribution in [0, 0.1) is 6.92 Å². The lowest BCUT2D eigenvalue weighted by Gasteiger charge is -2.04. The van der Waals surface area contributed by atoms with E-state index in [-0.39, 0.29) is 24.4 Å². The standard InChI is InChI=1S/C17H15N3O4S/c1-10-13-16(18-9-20(17(13)24)8-7-12(21)22)25-14(10)15(23)19-11-5-3-2-4-6-11/h2-6,9H,7-8H2,1H3,(H,19,23)(H,21,22). The number of nitrogens with zero attached hydrogens (tertiary/aromatic N) is 2. The molecular formula is C17H15N3O4S. The number of para-hydroxylation sites is 1. The van der Waals surface area contributed by atoms with Crippen LogP contribution in [0.2, 0.25) is 0 Å². The number of hydrogen-bond acceptors (Lipinski definition) is 5. The lowest BCUT2D eigenvalue weighted by atomic mass is 10.2. The number of fused-ring (bicyclic) bond motifs is 1. The second-order valence-electron chi connectivity index (χ2n) is 5.44. The normalized spacial score (nSPS) is 10.8. The molecule has 0 unspecified atom stereocenters. The predicted molar refractivity (Wildman–Crippen MR) is 95.3 cm³/mol. The molecule has 7 nitrogen and oxygen atoms in total. The summed E-state index contributed by atoms with van der Waals surface area (Å²) in [6, 6.07) is 9.03. The van der Waals surface area contributed by atoms with Gasteiger partial charge in [-0.3, -0.25) is 19.0 Å². The highest BCUT2D eigenvalue weighted by atomic mass is 32.1. The Morgan fingerprint density at radius 1 is 1.28 bits per heavy atom. The molecule has 3 aromatic rings. The molecule has 3 rings (SSSR count). The van der Waals surface area contributed by atoms with Crippen LogP contribution >= 0.6 is 11.3 Å². The minimum Gasteiger partial charge on any atom is -0.481 e. The smallest absolute Gasteiger partial charge is 0.305 e. The van der Waals surface area contributed by atoms with Crippen LogP contribution in [0.15, 0.2) is 41.5 Å². The maximum atomic E-state index is 12.6. The number of benzene rings is 1. The van der Waals surface area contributed by atoms with E-state index in [1.807, 2.05) is 18.2 Å². The summed E-state index contributed by atoms with van der Waals surface area (Å²) in [5.74, 6) is -1.29. The van der Waals surface area contributed by atoms with Gasteiger partial charge in [-0.2, -0.15) is 0 Å². The Kier molecular flexibility index (Phi) is 4.62. The van der Waals surface area contributed by atoms with Crippen molar-refractivity contribution in [1.82, 2.24) is 9.55 Å². The fourth-order valence-electron chi connectivity index (χ4n) is 2.46. The highest BCUT2D eigenvalue weighted by Gasteiger charge is 2.19. The summed E-state index contributed by atoms with van der Waals surface area (Å²) in [6.07, 6.45) is 1.15. The number of aryl methyl sites for hydroxylation is 2. The van der Waals surface area contributed by atoms with E-state index >= 15 is 0 Å². The first-order chi connectivity index (χ1) is 12.0. The average molecular weight is 357 g/mol. The minimum atomic E-state index is -0.989. The van der Waals surface area contributed by atoms with Crippen molar-refractivity contribution in [2.24, 2.45) is 0 Å². The van der Waals surface area contributed by atoms with Gasteiger partial charge in [-0.25, -0.2) is 4.98 Å². The number of aromatic nitrogens is 2. The number of carbonyl (C=O) groups excluding carboxylic acids is 1. The van der Waals surface area contributed by atoms with E-state index in [0.717, 1.165) is 11.3 Å². The molecule has 0 saturated heterocycles. The molecule has 0 aliphatic heterocycles. The van der Waals surface area contributed by atoms with Crippen LogP contribution in [0.4, 0.5) is 5.69 Å². The van der Waals surface area contributed by atoms with Gasteiger partial charge >= 0.3 is 5.97 Å². The molecule has 0 fully saturated rings. The minimum absolute atomic E-state index is 0.0396. The van der Waals surface area contributed by atoms with E-state index in [1.165, 1.54) is 10.9 Å². The zero-order chi connectivity index (χ0) is 18.0. The number of hydrogen-bond donors (Lipinski definition) is 2. The van der Waals surface area contributed by atoms with Crippen molar-refractivity contribution in [2.45, 2.75) is 19.9 Å². The third-order valence-electron chi connectivity index (χ3n) is 3.72. The Bertz CT molecular complexity index is 1010. The van der Waals surface area contributed by atoms with Gasteiger partial charge in [0.05, 0.1) is 23.0 Å². The van der Waals surface area contributed by atoms with Crippen LogP contribution < -0.4 is 10.9 Å². The predicted octanol–water partition coefficient (Wildman–Crippen LogP) is 2.49. The molecule has 0 saturated carbocycles. The van der Waals surface area contributed by atoms with Gasteiger partial charge < -0.3 is 10.4 Å². The summed E-state index contributed by atoms with van der Waals surface area (Å²) in [4.78, 5) is 40.8. The van der Waals surface area contributed by atoms with Crippen molar-refractivity contribution in [3.05, 3.63) is 57.5 Å². The number of carbonyl (C=O) groups is 2. The molecule has 0 bridgehead atoms. The molecule has 0 radical (unpaired) electrons. The van der Waals surface area contributed by atoms with Gasteiger partial charge in [0, 0.05) is 12.2 Å². The average Bonchev–Trinajstić information content (AvgIpc) is 2.93. The Balaban J connectivity index is 1.96. The zero-order valence-corrected chi connectivity index (χ0v) is 14.2. The molecule has 1 amide bonds. The van der Waals surface area contributed by atoms with Gasteiger partial charge in [-0.1, -0.05) is 18.2 Å². The molecule has 0 aliphatic rings. The number of aliphatic carboxylic acids is 1. The van der Waals surface area contributed by atoms with Crippen LogP contribution in [0.5, 0.6) is 0 Å². The first-order valence-corrected chi connectivity index (χ1v) is 8.35. The third-order valence-corrected chi connectivity index (χ3v) is 4.92. The summed E-state index contributed by atoms with van der Waals surface area (Å²) in [5.41, 5.74) is 0.880. The van der Waals surface area contributed by atoms with E-state index in [2.05, 4.69) is 10.3 Å². The molecule has 8 heteroatoms. The van der Waals surface area contributed by atoms with Gasteiger partial charge in [0.2, 0.25) is 0 Å². The van der Waals surface area contributed by atoms with Crippen molar-refractivity contribution in [1.29, 1.82) is 0 Å². The second-order valence-corrected chi connectivity index (χ2v) is 6.44. The maximum Gasteiger partial charge on any atom is 0.305 e. The van der Waals surface area contributed by atoms with Gasteiger partial charge in [-0.05, 0) is 24.6 Å². The SMILES string of the molecule is Cc1c(C(=O)Nc2ccccc2)sc2ncn(CCC(=O)O)c(=O)c12. The summed E-state index contributed by atoms with van der Waals surface area (Å²) >= 11 is 1.15. The van der Waals surface area contributed by atoms with Crippen LogP contribution in [-0.4, -0.2) is 26.5 Å². The highest BCUT2D eigenvalue weighted by Crippen LogP contribution is 2.27. The molecule has 2 N–H and O–H groups in total. The van der Waals surface area contributed by atoms with Crippen molar-refractivity contribution < 1.29 is 14.7 Å². The van der Waals surface area contributed by atoms with E-state index in [9.17, 15) is 14.4 Å². The van der Waals surface area contributed by atoms with E-state index in [4.69, 9.17) is 5.11 Å². The van der Waals surface area contributed by atoms with Crippen molar-refractivity contribution in [2.75, 3.05) is 5.32 Å². The fourth-order valence-corrected chi connectivity index (χ4v) is 3.50. The van der Waals surface area contributed by atoms with Crippen LogP contribution in [0.25, 0.3) is 10.2 Å². The lowest BCUT2D eigenvalue weighted by Crippen LogP contribution is -2.22. The van der Waals surface area contributed by atoms with Crippen molar-refractivity contribution >= 4 is 39.1 Å². The van der Waals surface area contributed by atoms with Crippen LogP contribution in [-0.2, 0) is 11.3 Å². The van der Waals surface area contributed by atoms with Crippen LogP contribution in [0.3, 0.4) is 0 Å². The van der Waals surface area contributed by atoms with Crippen molar-refractivity contribution in [3.63, 3.8) is 0 Å². The highest BCUT2D eigenvalue weighted by molar-refractivity contribution is 7.20. The number of carboxylic acids is 1. The van der Waals surface area contributed by atoms with E-state index in [0.29, 0.717) is 26.3 Å². The Hall–Kier alpha value is -3.00. The molecule has 0 atom stereocenters. The Labute approximate surface area is 146 Å². The molecule has 25 heavy (non-hydrogen) atoms. The van der Waals surface area contributed by atoms with E-state index < -0.39 is 5.97 Å². The zero-order valence-electron chi connectivity index (χ0n) is 13.4. The fraction of sp³-hybridized carbons (Fsp3) is 0.176. The number of nitrogens with one attached hydrogen (secondary N) is 1. The monoisotopic (exact) mass is 357 g/mol. The molecule has 1 aromatic carbocycles. The Morgan fingerprint density at radius 3 is 2.68 bits per heavy atom. The summed E-state index contributed by atoms with van der Waals surface area (Å²) in [5, 5.41) is 11.9. The first-order valence-electron chi connectivity index (χ1n) is 7.54. The molecule has 0 aliphatic carbocycles. The first kappa shape index (κ1) is 16.8.